The summed E-state index contributed by atoms with van der Waals surface area (Å²) in [5.41, 5.74) is 0. The predicted octanol–water partition coefficient (Wildman–Crippen LogP) is 0.451. The average molecular weight is 423 g/mol. The lowest BCUT2D eigenvalue weighted by atomic mass is 10.2. The van der Waals surface area contributed by atoms with Crippen molar-refractivity contribution in [3.63, 3.8) is 0 Å². The number of nitrogens with one attached hydrogen (secondary N) is 2. The number of ether oxygens (including phenoxy) is 1. The second kappa shape index (κ2) is 11.5. The number of amides is 1. The van der Waals surface area contributed by atoms with Crippen LogP contribution in [0.5, 0.6) is 0 Å². The SMILES string of the molecule is CN=C(NCCN1CCN(C(C)=O)CC1)NCC(c1cccs1)N1CCOCC1. The maximum atomic E-state index is 11.4. The van der Waals surface area contributed by atoms with Crippen LogP contribution < -0.4 is 10.6 Å². The van der Waals surface area contributed by atoms with E-state index in [1.54, 1.807) is 18.3 Å². The van der Waals surface area contributed by atoms with E-state index in [2.05, 4.69) is 42.9 Å². The Labute approximate surface area is 177 Å². The van der Waals surface area contributed by atoms with Gasteiger partial charge >= 0.3 is 0 Å². The van der Waals surface area contributed by atoms with E-state index < -0.39 is 0 Å². The molecule has 0 saturated carbocycles. The molecule has 1 unspecified atom stereocenters. The highest BCUT2D eigenvalue weighted by molar-refractivity contribution is 7.10. The van der Waals surface area contributed by atoms with Crippen LogP contribution >= 0.6 is 11.3 Å². The summed E-state index contributed by atoms with van der Waals surface area (Å²) in [4.78, 5) is 24.0. The molecule has 2 aliphatic rings. The molecule has 162 valence electrons. The molecule has 3 rings (SSSR count). The number of morpholine rings is 1. The summed E-state index contributed by atoms with van der Waals surface area (Å²) >= 11 is 1.81. The Bertz CT molecular complexity index is 639. The van der Waals surface area contributed by atoms with Gasteiger partial charge in [0, 0.05) is 77.8 Å². The van der Waals surface area contributed by atoms with Gasteiger partial charge in [-0.3, -0.25) is 19.6 Å². The summed E-state index contributed by atoms with van der Waals surface area (Å²) < 4.78 is 5.52. The molecule has 0 bridgehead atoms. The van der Waals surface area contributed by atoms with Gasteiger partial charge in [-0.25, -0.2) is 0 Å². The molecule has 0 radical (unpaired) electrons. The zero-order valence-electron chi connectivity index (χ0n) is 17.6. The number of carbonyl (C=O) groups is 1. The van der Waals surface area contributed by atoms with E-state index in [0.29, 0.717) is 6.04 Å². The molecule has 1 atom stereocenters. The third kappa shape index (κ3) is 6.67. The number of piperazine rings is 1. The van der Waals surface area contributed by atoms with Crippen LogP contribution in [0.4, 0.5) is 0 Å². The van der Waals surface area contributed by atoms with Gasteiger partial charge in [-0.1, -0.05) is 6.07 Å². The lowest BCUT2D eigenvalue weighted by Crippen LogP contribution is -2.51. The minimum Gasteiger partial charge on any atom is -0.379 e. The molecule has 3 heterocycles. The molecule has 2 fully saturated rings. The summed E-state index contributed by atoms with van der Waals surface area (Å²) in [7, 11) is 1.82. The van der Waals surface area contributed by atoms with Crippen LogP contribution in [0.15, 0.2) is 22.5 Å². The number of rotatable bonds is 7. The minimum absolute atomic E-state index is 0.174. The van der Waals surface area contributed by atoms with Gasteiger partial charge in [-0.05, 0) is 11.4 Å². The number of hydrogen-bond donors (Lipinski definition) is 2. The summed E-state index contributed by atoms with van der Waals surface area (Å²) in [6, 6.07) is 4.66. The van der Waals surface area contributed by atoms with E-state index in [9.17, 15) is 4.79 Å². The summed E-state index contributed by atoms with van der Waals surface area (Å²) in [5, 5.41) is 9.08. The van der Waals surface area contributed by atoms with E-state index >= 15 is 0 Å². The second-order valence-corrected chi connectivity index (χ2v) is 8.39. The maximum Gasteiger partial charge on any atom is 0.219 e. The van der Waals surface area contributed by atoms with Crippen LogP contribution in [0.2, 0.25) is 0 Å². The van der Waals surface area contributed by atoms with Crippen LogP contribution in [0.3, 0.4) is 0 Å². The smallest absolute Gasteiger partial charge is 0.219 e. The van der Waals surface area contributed by atoms with Crippen molar-refractivity contribution in [2.75, 3.05) is 79.2 Å². The van der Waals surface area contributed by atoms with Gasteiger partial charge in [0.2, 0.25) is 5.91 Å². The molecule has 2 N–H and O–H groups in total. The maximum absolute atomic E-state index is 11.4. The van der Waals surface area contributed by atoms with Gasteiger partial charge in [0.25, 0.3) is 0 Å². The Balaban J connectivity index is 1.42. The third-order valence-corrected chi connectivity index (χ3v) is 6.56. The van der Waals surface area contributed by atoms with Crippen molar-refractivity contribution in [3.8, 4) is 0 Å². The van der Waals surface area contributed by atoms with Gasteiger partial charge in [-0.2, -0.15) is 0 Å². The zero-order chi connectivity index (χ0) is 20.5. The highest BCUT2D eigenvalue weighted by atomic mass is 32.1. The summed E-state index contributed by atoms with van der Waals surface area (Å²) in [6.07, 6.45) is 0. The topological polar surface area (TPSA) is 72.4 Å². The van der Waals surface area contributed by atoms with Crippen molar-refractivity contribution in [1.29, 1.82) is 0 Å². The highest BCUT2D eigenvalue weighted by Gasteiger charge is 2.23. The molecule has 0 aliphatic carbocycles. The quantitative estimate of drug-likeness (QED) is 0.491. The Hall–Kier alpha value is -1.68. The van der Waals surface area contributed by atoms with Crippen LogP contribution in [0, 0.1) is 0 Å². The van der Waals surface area contributed by atoms with Crippen molar-refractivity contribution in [3.05, 3.63) is 22.4 Å². The van der Waals surface area contributed by atoms with Crippen LogP contribution in [-0.2, 0) is 9.53 Å². The number of thiophene rings is 1. The molecule has 0 aromatic carbocycles. The van der Waals surface area contributed by atoms with E-state index in [-0.39, 0.29) is 5.91 Å². The average Bonchev–Trinajstić information content (AvgIpc) is 3.28. The van der Waals surface area contributed by atoms with Crippen molar-refractivity contribution >= 4 is 23.2 Å². The Morgan fingerprint density at radius 3 is 2.59 bits per heavy atom. The molecule has 2 saturated heterocycles. The van der Waals surface area contributed by atoms with Crippen molar-refractivity contribution in [1.82, 2.24) is 25.3 Å². The van der Waals surface area contributed by atoms with Crippen molar-refractivity contribution in [2.24, 2.45) is 4.99 Å². The van der Waals surface area contributed by atoms with Gasteiger partial charge in [-0.15, -0.1) is 11.3 Å². The first-order valence-electron chi connectivity index (χ1n) is 10.4. The van der Waals surface area contributed by atoms with E-state index in [1.165, 1.54) is 4.88 Å². The Morgan fingerprint density at radius 2 is 1.97 bits per heavy atom. The molecule has 1 aromatic rings. The number of carbonyl (C=O) groups excluding carboxylic acids is 1. The van der Waals surface area contributed by atoms with Crippen LogP contribution in [0.1, 0.15) is 17.8 Å². The first kappa shape index (κ1) is 22.0. The zero-order valence-corrected chi connectivity index (χ0v) is 18.4. The fraction of sp³-hybridized carbons (Fsp3) is 0.700. The standard InChI is InChI=1S/C20H34N6O2S/c1-17(27)25-9-7-24(8-10-25)6-5-22-20(21-2)23-16-18(19-4-3-15-29-19)26-11-13-28-14-12-26/h3-4,15,18H,5-14,16H2,1-2H3,(H2,21,22,23). The number of nitrogens with zero attached hydrogens (tertiary/aromatic N) is 4. The molecule has 9 heteroatoms. The largest absolute Gasteiger partial charge is 0.379 e. The monoisotopic (exact) mass is 422 g/mol. The third-order valence-electron chi connectivity index (χ3n) is 5.58. The normalized spacial score (nSPS) is 20.5. The molecule has 29 heavy (non-hydrogen) atoms. The van der Waals surface area contributed by atoms with Gasteiger partial charge in [0.1, 0.15) is 0 Å². The van der Waals surface area contributed by atoms with Gasteiger partial charge in [0.15, 0.2) is 5.96 Å². The lowest BCUT2D eigenvalue weighted by molar-refractivity contribution is -0.130. The number of aliphatic imine (C=N–C) groups is 1. The fourth-order valence-electron chi connectivity index (χ4n) is 3.81. The Morgan fingerprint density at radius 1 is 1.21 bits per heavy atom. The van der Waals surface area contributed by atoms with E-state index in [0.717, 1.165) is 78.1 Å². The number of guanidine groups is 1. The van der Waals surface area contributed by atoms with E-state index in [1.807, 2.05) is 11.9 Å². The summed E-state index contributed by atoms with van der Waals surface area (Å²) in [5.74, 6) is 1.01. The van der Waals surface area contributed by atoms with Crippen LogP contribution in [-0.4, -0.2) is 106 Å². The molecular formula is C20H34N6O2S. The molecule has 0 spiro atoms. The Kier molecular flexibility index (Phi) is 8.72. The van der Waals surface area contributed by atoms with Gasteiger partial charge in [0.05, 0.1) is 19.3 Å². The fourth-order valence-corrected chi connectivity index (χ4v) is 4.67. The lowest BCUT2D eigenvalue weighted by Gasteiger charge is -2.35. The minimum atomic E-state index is 0.174. The molecule has 1 amide bonds. The van der Waals surface area contributed by atoms with Crippen LogP contribution in [0.25, 0.3) is 0 Å². The van der Waals surface area contributed by atoms with Crippen molar-refractivity contribution < 1.29 is 9.53 Å². The molecular weight excluding hydrogens is 388 g/mol. The number of hydrogen-bond acceptors (Lipinski definition) is 6. The molecule has 1 aromatic heterocycles. The van der Waals surface area contributed by atoms with Crippen molar-refractivity contribution in [2.45, 2.75) is 13.0 Å². The van der Waals surface area contributed by atoms with Gasteiger partial charge < -0.3 is 20.3 Å². The first-order chi connectivity index (χ1) is 14.2. The summed E-state index contributed by atoms with van der Waals surface area (Å²) in [6.45, 7) is 11.3. The molecule has 2 aliphatic heterocycles. The predicted molar refractivity (Wildman–Crippen MR) is 118 cm³/mol. The second-order valence-electron chi connectivity index (χ2n) is 7.41. The van der Waals surface area contributed by atoms with E-state index in [4.69, 9.17) is 4.74 Å². The highest BCUT2D eigenvalue weighted by Crippen LogP contribution is 2.25. The first-order valence-corrected chi connectivity index (χ1v) is 11.3. The molecule has 8 nitrogen and oxygen atoms in total.